The molecule has 0 aliphatic carbocycles. The monoisotopic (exact) mass is 289 g/mol. The molecule has 1 atom stereocenters. The van der Waals surface area contributed by atoms with Crippen LogP contribution < -0.4 is 10.5 Å². The van der Waals surface area contributed by atoms with E-state index in [1.165, 1.54) is 12.3 Å². The van der Waals surface area contributed by atoms with Crippen LogP contribution in [-0.4, -0.2) is 26.0 Å². The molecule has 7 heteroatoms. The van der Waals surface area contributed by atoms with Crippen molar-refractivity contribution in [2.45, 2.75) is 38.3 Å². The number of halogens is 1. The number of hydrogen-bond acceptors (Lipinski definition) is 4. The number of nitrogens with zero attached hydrogens (tertiary/aromatic N) is 1. The fourth-order valence-electron chi connectivity index (χ4n) is 1.65. The number of aromatic nitrogens is 1. The number of pyridine rings is 1. The van der Waals surface area contributed by atoms with Gasteiger partial charge in [0.1, 0.15) is 0 Å². The van der Waals surface area contributed by atoms with E-state index in [9.17, 15) is 12.8 Å². The van der Waals surface area contributed by atoms with Crippen molar-refractivity contribution in [2.24, 2.45) is 11.1 Å². The minimum absolute atomic E-state index is 0.322. The van der Waals surface area contributed by atoms with Crippen LogP contribution in [0.4, 0.5) is 4.39 Å². The molecule has 1 aromatic rings. The van der Waals surface area contributed by atoms with E-state index < -0.39 is 20.9 Å². The highest BCUT2D eigenvalue weighted by atomic mass is 32.2. The van der Waals surface area contributed by atoms with Gasteiger partial charge in [-0.25, -0.2) is 22.5 Å². The third kappa shape index (κ3) is 4.22. The third-order valence-corrected chi connectivity index (χ3v) is 4.18. The van der Waals surface area contributed by atoms with E-state index in [1.54, 1.807) is 0 Å². The number of hydrogen-bond donors (Lipinski definition) is 2. The molecule has 0 aliphatic rings. The molecule has 0 saturated heterocycles. The summed E-state index contributed by atoms with van der Waals surface area (Å²) in [4.78, 5) is 3.59. The molecule has 1 unspecified atom stereocenters. The van der Waals surface area contributed by atoms with Gasteiger partial charge in [0.25, 0.3) is 10.0 Å². The Morgan fingerprint density at radius 1 is 1.47 bits per heavy atom. The maximum Gasteiger partial charge on any atom is 0.261 e. The third-order valence-electron chi connectivity index (χ3n) is 2.78. The van der Waals surface area contributed by atoms with E-state index in [4.69, 9.17) is 5.73 Å². The average molecular weight is 289 g/mol. The molecule has 19 heavy (non-hydrogen) atoms. The van der Waals surface area contributed by atoms with Crippen LogP contribution in [0.15, 0.2) is 23.4 Å². The van der Waals surface area contributed by atoms with Crippen LogP contribution in [0.5, 0.6) is 0 Å². The smallest absolute Gasteiger partial charge is 0.261 e. The van der Waals surface area contributed by atoms with Gasteiger partial charge >= 0.3 is 0 Å². The first-order valence-corrected chi connectivity index (χ1v) is 7.49. The van der Waals surface area contributed by atoms with Gasteiger partial charge < -0.3 is 5.73 Å². The zero-order valence-corrected chi connectivity index (χ0v) is 12.2. The van der Waals surface area contributed by atoms with Crippen molar-refractivity contribution in [1.29, 1.82) is 0 Å². The van der Waals surface area contributed by atoms with Gasteiger partial charge in [0.15, 0.2) is 5.82 Å². The van der Waals surface area contributed by atoms with Crippen LogP contribution >= 0.6 is 0 Å². The molecule has 0 spiro atoms. The Labute approximate surface area is 113 Å². The molecule has 5 nitrogen and oxygen atoms in total. The van der Waals surface area contributed by atoms with Gasteiger partial charge in [-0.3, -0.25) is 0 Å². The summed E-state index contributed by atoms with van der Waals surface area (Å²) in [6.45, 7) is 6.02. The second-order valence-electron chi connectivity index (χ2n) is 5.41. The van der Waals surface area contributed by atoms with Gasteiger partial charge in [0.2, 0.25) is 5.03 Å². The molecule has 0 fully saturated rings. The van der Waals surface area contributed by atoms with Crippen molar-refractivity contribution in [3.63, 3.8) is 0 Å². The standard InChI is InChI=1S/C12H20FN3O2S/c1-12(2,3)10(6-7-14)16-19(17,18)11-9(13)5-4-8-15-11/h4-5,8,10,16H,6-7,14H2,1-3H3. The minimum atomic E-state index is -3.99. The minimum Gasteiger partial charge on any atom is -0.330 e. The zero-order chi connectivity index (χ0) is 14.7. The summed E-state index contributed by atoms with van der Waals surface area (Å²) in [5, 5.41) is -0.582. The van der Waals surface area contributed by atoms with Gasteiger partial charge in [-0.2, -0.15) is 0 Å². The summed E-state index contributed by atoms with van der Waals surface area (Å²) in [5.74, 6) is -0.865. The van der Waals surface area contributed by atoms with E-state index in [0.29, 0.717) is 13.0 Å². The Morgan fingerprint density at radius 3 is 2.58 bits per heavy atom. The van der Waals surface area contributed by atoms with Gasteiger partial charge in [0, 0.05) is 12.2 Å². The number of sulfonamides is 1. The molecule has 0 aromatic carbocycles. The Morgan fingerprint density at radius 2 is 2.11 bits per heavy atom. The van der Waals surface area contributed by atoms with Crippen LogP contribution in [0, 0.1) is 11.2 Å². The van der Waals surface area contributed by atoms with Gasteiger partial charge in [0.05, 0.1) is 0 Å². The lowest BCUT2D eigenvalue weighted by Crippen LogP contribution is -2.45. The molecule has 0 amide bonds. The first-order chi connectivity index (χ1) is 8.68. The normalized spacial score (nSPS) is 14.4. The summed E-state index contributed by atoms with van der Waals surface area (Å²) in [6, 6.07) is 2.02. The highest BCUT2D eigenvalue weighted by molar-refractivity contribution is 7.89. The van der Waals surface area contributed by atoms with Crippen molar-refractivity contribution >= 4 is 10.0 Å². The Balaban J connectivity index is 3.05. The Kier molecular flexibility index (Phi) is 5.00. The van der Waals surface area contributed by atoms with E-state index in [1.807, 2.05) is 20.8 Å². The fraction of sp³-hybridized carbons (Fsp3) is 0.583. The van der Waals surface area contributed by atoms with Crippen LogP contribution in [0.25, 0.3) is 0 Å². The van der Waals surface area contributed by atoms with Crippen molar-refractivity contribution in [3.8, 4) is 0 Å². The van der Waals surface area contributed by atoms with Crippen molar-refractivity contribution in [3.05, 3.63) is 24.1 Å². The summed E-state index contributed by atoms with van der Waals surface area (Å²) in [5.41, 5.74) is 5.17. The molecule has 0 radical (unpaired) electrons. The van der Waals surface area contributed by atoms with Gasteiger partial charge in [-0.15, -0.1) is 0 Å². The second-order valence-corrected chi connectivity index (χ2v) is 7.04. The Bertz CT molecular complexity index is 526. The molecule has 0 aliphatic heterocycles. The second kappa shape index (κ2) is 5.94. The lowest BCUT2D eigenvalue weighted by Gasteiger charge is -2.30. The van der Waals surface area contributed by atoms with Crippen molar-refractivity contribution < 1.29 is 12.8 Å². The molecule has 108 valence electrons. The number of rotatable bonds is 5. The molecule has 1 heterocycles. The predicted octanol–water partition coefficient (Wildman–Crippen LogP) is 1.26. The summed E-state index contributed by atoms with van der Waals surface area (Å²) < 4.78 is 40.3. The molecule has 3 N–H and O–H groups in total. The molecular formula is C12H20FN3O2S. The van der Waals surface area contributed by atoms with Crippen molar-refractivity contribution in [1.82, 2.24) is 9.71 Å². The Hall–Kier alpha value is -1.05. The van der Waals surface area contributed by atoms with Crippen molar-refractivity contribution in [2.75, 3.05) is 6.54 Å². The van der Waals surface area contributed by atoms with E-state index in [0.717, 1.165) is 6.07 Å². The highest BCUT2D eigenvalue weighted by Gasteiger charge is 2.30. The van der Waals surface area contributed by atoms with Gasteiger partial charge in [-0.05, 0) is 30.5 Å². The summed E-state index contributed by atoms with van der Waals surface area (Å²) >= 11 is 0. The van der Waals surface area contributed by atoms with Crippen LogP contribution in [0.3, 0.4) is 0 Å². The van der Waals surface area contributed by atoms with Crippen LogP contribution in [-0.2, 0) is 10.0 Å². The molecule has 1 aromatic heterocycles. The maximum atomic E-state index is 13.5. The van der Waals surface area contributed by atoms with Crippen LogP contribution in [0.1, 0.15) is 27.2 Å². The van der Waals surface area contributed by atoms with E-state index >= 15 is 0 Å². The quantitative estimate of drug-likeness (QED) is 0.854. The first kappa shape index (κ1) is 16.0. The highest BCUT2D eigenvalue weighted by Crippen LogP contribution is 2.23. The number of nitrogens with one attached hydrogen (secondary N) is 1. The fourth-order valence-corrected chi connectivity index (χ4v) is 3.13. The molecular weight excluding hydrogens is 269 g/mol. The molecule has 0 saturated carbocycles. The summed E-state index contributed by atoms with van der Waals surface area (Å²) in [6.07, 6.45) is 1.71. The SMILES string of the molecule is CC(C)(C)C(CCN)NS(=O)(=O)c1ncccc1F. The number of nitrogens with two attached hydrogens (primary N) is 1. The lowest BCUT2D eigenvalue weighted by molar-refractivity contribution is 0.287. The average Bonchev–Trinajstić information content (AvgIpc) is 2.27. The first-order valence-electron chi connectivity index (χ1n) is 6.01. The van der Waals surface area contributed by atoms with E-state index in [-0.39, 0.29) is 11.5 Å². The lowest BCUT2D eigenvalue weighted by atomic mass is 9.85. The zero-order valence-electron chi connectivity index (χ0n) is 11.4. The predicted molar refractivity (Wildman–Crippen MR) is 71.4 cm³/mol. The van der Waals surface area contributed by atoms with E-state index in [2.05, 4.69) is 9.71 Å². The summed E-state index contributed by atoms with van der Waals surface area (Å²) in [7, 11) is -3.99. The maximum absolute atomic E-state index is 13.5. The van der Waals surface area contributed by atoms with Gasteiger partial charge in [-0.1, -0.05) is 20.8 Å². The topological polar surface area (TPSA) is 85.1 Å². The largest absolute Gasteiger partial charge is 0.330 e. The molecule has 0 bridgehead atoms. The van der Waals surface area contributed by atoms with Crippen LogP contribution in [0.2, 0.25) is 0 Å². The molecule has 1 rings (SSSR count).